The number of carbonyl (C=O) groups excluding carboxylic acids is 2. The molecule has 0 aliphatic carbocycles. The maximum atomic E-state index is 13.0. The molecule has 0 fully saturated rings. The molecule has 0 saturated carbocycles. The summed E-state index contributed by atoms with van der Waals surface area (Å²) in [5.41, 5.74) is 2.63. The van der Waals surface area contributed by atoms with Crippen molar-refractivity contribution in [1.82, 2.24) is 4.57 Å². The Morgan fingerprint density at radius 2 is 1.83 bits per heavy atom. The van der Waals surface area contributed by atoms with Crippen LogP contribution in [0.1, 0.15) is 42.6 Å². The maximum absolute atomic E-state index is 13.0. The number of fused-ring (bicyclic) bond motifs is 3. The Labute approximate surface area is 174 Å². The molecule has 0 radical (unpaired) electrons. The largest absolute Gasteiger partial charge is 0.443 e. The standard InChI is InChI=1S/C23H23ClN2O3/c1-23(2,3)29-22(28)26-14-16(13-24)20-17-11-12-25(18(17)9-10-19(20)26)21(27)15-7-5-4-6-8-15/h4-12,16H,13-14H2,1-3H3. The highest BCUT2D eigenvalue weighted by Gasteiger charge is 2.36. The van der Waals surface area contributed by atoms with Crippen LogP contribution in [0.2, 0.25) is 0 Å². The quantitative estimate of drug-likeness (QED) is 0.531. The summed E-state index contributed by atoms with van der Waals surface area (Å²) in [7, 11) is 0. The van der Waals surface area contributed by atoms with Gasteiger partial charge in [0.1, 0.15) is 5.60 Å². The van der Waals surface area contributed by atoms with Crippen molar-refractivity contribution in [3.8, 4) is 0 Å². The molecule has 0 bridgehead atoms. The second-order valence-electron chi connectivity index (χ2n) is 8.23. The Hall–Kier alpha value is -2.79. The van der Waals surface area contributed by atoms with Gasteiger partial charge in [-0.1, -0.05) is 18.2 Å². The van der Waals surface area contributed by atoms with E-state index in [0.717, 1.165) is 22.2 Å². The van der Waals surface area contributed by atoms with Crippen LogP contribution >= 0.6 is 11.6 Å². The molecule has 0 N–H and O–H groups in total. The summed E-state index contributed by atoms with van der Waals surface area (Å²) in [5, 5.41) is 0.934. The molecule has 1 amide bonds. The topological polar surface area (TPSA) is 51.5 Å². The third kappa shape index (κ3) is 3.51. The zero-order valence-corrected chi connectivity index (χ0v) is 17.4. The number of amides is 1. The predicted molar refractivity (Wildman–Crippen MR) is 115 cm³/mol. The van der Waals surface area contributed by atoms with Crippen LogP contribution in [0.3, 0.4) is 0 Å². The second kappa shape index (κ2) is 7.23. The number of ether oxygens (including phenoxy) is 1. The Morgan fingerprint density at radius 3 is 2.48 bits per heavy atom. The van der Waals surface area contributed by atoms with E-state index in [1.54, 1.807) is 27.8 Å². The van der Waals surface area contributed by atoms with E-state index in [0.29, 0.717) is 18.0 Å². The van der Waals surface area contributed by atoms with Gasteiger partial charge in [-0.3, -0.25) is 14.3 Å². The molecular formula is C23H23ClN2O3. The van der Waals surface area contributed by atoms with Gasteiger partial charge >= 0.3 is 6.09 Å². The first kappa shape index (κ1) is 19.5. The highest BCUT2D eigenvalue weighted by atomic mass is 35.5. The van der Waals surface area contributed by atoms with Crippen molar-refractivity contribution < 1.29 is 14.3 Å². The highest BCUT2D eigenvalue weighted by Crippen LogP contribution is 2.42. The monoisotopic (exact) mass is 410 g/mol. The molecule has 5 nitrogen and oxygen atoms in total. The molecule has 0 saturated heterocycles. The zero-order chi connectivity index (χ0) is 20.8. The molecule has 0 spiro atoms. The lowest BCUT2D eigenvalue weighted by Gasteiger charge is -2.25. The molecule has 2 heterocycles. The number of hydrogen-bond acceptors (Lipinski definition) is 3. The number of benzene rings is 2. The van der Waals surface area contributed by atoms with Gasteiger partial charge in [0, 0.05) is 35.5 Å². The van der Waals surface area contributed by atoms with E-state index < -0.39 is 5.60 Å². The molecule has 1 aliphatic heterocycles. The summed E-state index contributed by atoms with van der Waals surface area (Å²) < 4.78 is 7.21. The minimum absolute atomic E-state index is 0.0226. The number of alkyl halides is 1. The van der Waals surface area contributed by atoms with E-state index >= 15 is 0 Å². The number of hydrogen-bond donors (Lipinski definition) is 0. The summed E-state index contributed by atoms with van der Waals surface area (Å²) in [6.07, 6.45) is 1.40. The van der Waals surface area contributed by atoms with Crippen molar-refractivity contribution in [1.29, 1.82) is 0 Å². The molecule has 150 valence electrons. The average Bonchev–Trinajstić information content (AvgIpc) is 3.27. The van der Waals surface area contributed by atoms with Crippen LogP contribution in [0.5, 0.6) is 0 Å². The average molecular weight is 411 g/mol. The minimum atomic E-state index is -0.578. The third-order valence-electron chi connectivity index (χ3n) is 5.03. The van der Waals surface area contributed by atoms with Crippen LogP contribution in [0, 0.1) is 0 Å². The van der Waals surface area contributed by atoms with Gasteiger partial charge < -0.3 is 4.74 Å². The molecule has 1 atom stereocenters. The van der Waals surface area contributed by atoms with Gasteiger partial charge in [0.2, 0.25) is 0 Å². The summed E-state index contributed by atoms with van der Waals surface area (Å²) >= 11 is 6.25. The Bertz CT molecular complexity index is 1080. The zero-order valence-electron chi connectivity index (χ0n) is 16.7. The number of anilines is 1. The maximum Gasteiger partial charge on any atom is 0.414 e. The minimum Gasteiger partial charge on any atom is -0.443 e. The van der Waals surface area contributed by atoms with Gasteiger partial charge in [0.05, 0.1) is 11.2 Å². The molecule has 1 aromatic heterocycles. The van der Waals surface area contributed by atoms with Crippen LogP contribution in [0.15, 0.2) is 54.7 Å². The van der Waals surface area contributed by atoms with Crippen molar-refractivity contribution in [2.45, 2.75) is 32.3 Å². The van der Waals surface area contributed by atoms with E-state index in [4.69, 9.17) is 16.3 Å². The fourth-order valence-corrected chi connectivity index (χ4v) is 4.07. The fourth-order valence-electron chi connectivity index (χ4n) is 3.82. The smallest absolute Gasteiger partial charge is 0.414 e. The van der Waals surface area contributed by atoms with Crippen molar-refractivity contribution in [2.75, 3.05) is 17.3 Å². The van der Waals surface area contributed by atoms with Crippen LogP contribution in [-0.2, 0) is 4.74 Å². The lowest BCUT2D eigenvalue weighted by atomic mass is 9.99. The molecule has 1 unspecified atom stereocenters. The summed E-state index contributed by atoms with van der Waals surface area (Å²) in [6.45, 7) is 6.00. The first-order chi connectivity index (χ1) is 13.8. The van der Waals surface area contributed by atoms with Gasteiger partial charge in [-0.25, -0.2) is 4.79 Å². The van der Waals surface area contributed by atoms with Crippen LogP contribution in [0.25, 0.3) is 10.9 Å². The van der Waals surface area contributed by atoms with Gasteiger partial charge in [-0.15, -0.1) is 11.6 Å². The number of rotatable bonds is 2. The van der Waals surface area contributed by atoms with Gasteiger partial charge in [-0.05, 0) is 56.7 Å². The lowest BCUT2D eigenvalue weighted by Crippen LogP contribution is -2.36. The van der Waals surface area contributed by atoms with Gasteiger partial charge in [-0.2, -0.15) is 0 Å². The summed E-state index contributed by atoms with van der Waals surface area (Å²) in [6, 6.07) is 14.9. The molecule has 2 aromatic carbocycles. The van der Waals surface area contributed by atoms with Crippen molar-refractivity contribution in [3.63, 3.8) is 0 Å². The Kier molecular flexibility index (Phi) is 4.87. The van der Waals surface area contributed by atoms with E-state index in [-0.39, 0.29) is 17.9 Å². The highest BCUT2D eigenvalue weighted by molar-refractivity contribution is 6.19. The molecule has 3 aromatic rings. The summed E-state index contributed by atoms with van der Waals surface area (Å²) in [4.78, 5) is 27.3. The van der Waals surface area contributed by atoms with E-state index in [1.807, 2.05) is 57.2 Å². The third-order valence-corrected chi connectivity index (χ3v) is 5.41. The number of nitrogens with zero attached hydrogens (tertiary/aromatic N) is 2. The SMILES string of the molecule is CC(C)(C)OC(=O)N1CC(CCl)c2c1ccc1c2ccn1C(=O)c1ccccc1. The van der Waals surface area contributed by atoms with E-state index in [9.17, 15) is 9.59 Å². The van der Waals surface area contributed by atoms with Crippen molar-refractivity contribution >= 4 is 40.2 Å². The second-order valence-corrected chi connectivity index (χ2v) is 8.54. The first-order valence-electron chi connectivity index (χ1n) is 9.60. The number of carbonyl (C=O) groups is 2. The molecule has 1 aliphatic rings. The van der Waals surface area contributed by atoms with Crippen LogP contribution in [-0.4, -0.2) is 34.6 Å². The number of aromatic nitrogens is 1. The Balaban J connectivity index is 1.78. The van der Waals surface area contributed by atoms with Crippen LogP contribution < -0.4 is 4.90 Å². The van der Waals surface area contributed by atoms with E-state index in [1.165, 1.54) is 0 Å². The molecular weight excluding hydrogens is 388 g/mol. The molecule has 4 rings (SSSR count). The van der Waals surface area contributed by atoms with E-state index in [2.05, 4.69) is 0 Å². The first-order valence-corrected chi connectivity index (χ1v) is 10.1. The normalized spacial score (nSPS) is 16.1. The van der Waals surface area contributed by atoms with Gasteiger partial charge in [0.25, 0.3) is 5.91 Å². The number of halogens is 1. The fraction of sp³-hybridized carbons (Fsp3) is 0.304. The summed E-state index contributed by atoms with van der Waals surface area (Å²) in [5.74, 6) is 0.263. The lowest BCUT2D eigenvalue weighted by molar-refractivity contribution is 0.0582. The van der Waals surface area contributed by atoms with Crippen molar-refractivity contribution in [3.05, 3.63) is 65.9 Å². The van der Waals surface area contributed by atoms with Gasteiger partial charge in [0.15, 0.2) is 0 Å². The molecule has 29 heavy (non-hydrogen) atoms. The van der Waals surface area contributed by atoms with Crippen LogP contribution in [0.4, 0.5) is 10.5 Å². The predicted octanol–water partition coefficient (Wildman–Crippen LogP) is 5.41. The van der Waals surface area contributed by atoms with Crippen molar-refractivity contribution in [2.24, 2.45) is 0 Å². The molecule has 6 heteroatoms. The Morgan fingerprint density at radius 1 is 1.10 bits per heavy atom.